The number of rotatable bonds is 3. The lowest BCUT2D eigenvalue weighted by Crippen LogP contribution is -2.06. The number of carbonyl (C=O) groups is 1. The van der Waals surface area contributed by atoms with Crippen LogP contribution in [0.1, 0.15) is 54.1 Å². The maximum Gasteiger partial charge on any atom is 0.353 e. The van der Waals surface area contributed by atoms with E-state index in [0.29, 0.717) is 17.2 Å². The number of benzene rings is 1. The van der Waals surface area contributed by atoms with Crippen molar-refractivity contribution in [3.05, 3.63) is 41.3 Å². The minimum absolute atomic E-state index is 0.00163. The molecule has 0 spiro atoms. The molecule has 0 atom stereocenters. The Morgan fingerprint density at radius 2 is 2.00 bits per heavy atom. The Morgan fingerprint density at radius 3 is 2.62 bits per heavy atom. The van der Waals surface area contributed by atoms with Crippen LogP contribution in [0.25, 0.3) is 11.3 Å². The SMILES string of the molecule is O=C(O)c1cc(-c2ccc(C3CCCCC3)c(F)c2)n[nH]1. The number of hydrogen-bond acceptors (Lipinski definition) is 2. The molecule has 2 N–H and O–H groups in total. The Morgan fingerprint density at radius 1 is 1.24 bits per heavy atom. The average molecular weight is 288 g/mol. The molecule has 1 heterocycles. The second-order valence-corrected chi connectivity index (χ2v) is 5.54. The van der Waals surface area contributed by atoms with Gasteiger partial charge in [0.2, 0.25) is 0 Å². The zero-order valence-electron chi connectivity index (χ0n) is 11.6. The molecule has 3 rings (SSSR count). The maximum atomic E-state index is 14.3. The molecule has 1 saturated carbocycles. The van der Waals surface area contributed by atoms with Crippen LogP contribution in [0, 0.1) is 5.82 Å². The highest BCUT2D eigenvalue weighted by atomic mass is 19.1. The van der Waals surface area contributed by atoms with E-state index in [1.54, 1.807) is 0 Å². The predicted molar refractivity (Wildman–Crippen MR) is 76.8 cm³/mol. The van der Waals surface area contributed by atoms with Crippen LogP contribution >= 0.6 is 0 Å². The van der Waals surface area contributed by atoms with E-state index in [1.165, 1.54) is 18.6 Å². The molecule has 0 amide bonds. The standard InChI is InChI=1S/C16H17FN2O2/c17-13-8-11(14-9-15(16(20)21)19-18-14)6-7-12(13)10-4-2-1-3-5-10/h6-10H,1-5H2,(H,18,19)(H,20,21). The van der Waals surface area contributed by atoms with E-state index in [1.807, 2.05) is 12.1 Å². The van der Waals surface area contributed by atoms with Crippen LogP contribution in [-0.2, 0) is 0 Å². The summed E-state index contributed by atoms with van der Waals surface area (Å²) in [5.74, 6) is -0.992. The number of carboxylic acids is 1. The molecule has 5 heteroatoms. The molecule has 110 valence electrons. The summed E-state index contributed by atoms with van der Waals surface area (Å²) in [4.78, 5) is 10.8. The fourth-order valence-corrected chi connectivity index (χ4v) is 3.01. The Hall–Kier alpha value is -2.17. The number of hydrogen-bond donors (Lipinski definition) is 2. The number of nitrogens with zero attached hydrogens (tertiary/aromatic N) is 1. The van der Waals surface area contributed by atoms with Crippen LogP contribution in [-0.4, -0.2) is 21.3 Å². The summed E-state index contributed by atoms with van der Waals surface area (Å²) in [7, 11) is 0. The Kier molecular flexibility index (Phi) is 3.73. The number of nitrogens with one attached hydrogen (secondary N) is 1. The topological polar surface area (TPSA) is 66.0 Å². The van der Waals surface area contributed by atoms with Crippen molar-refractivity contribution in [1.82, 2.24) is 10.2 Å². The van der Waals surface area contributed by atoms with Crippen LogP contribution in [0.4, 0.5) is 4.39 Å². The van der Waals surface area contributed by atoms with E-state index < -0.39 is 5.97 Å². The molecule has 1 fully saturated rings. The van der Waals surface area contributed by atoms with Crippen molar-refractivity contribution >= 4 is 5.97 Å². The molecule has 4 nitrogen and oxygen atoms in total. The number of carboxylic acid groups (broad SMARTS) is 1. The monoisotopic (exact) mass is 288 g/mol. The number of aromatic carboxylic acids is 1. The molecule has 0 saturated heterocycles. The van der Waals surface area contributed by atoms with Gasteiger partial charge in [-0.2, -0.15) is 5.10 Å². The molecule has 0 radical (unpaired) electrons. The van der Waals surface area contributed by atoms with Gasteiger partial charge >= 0.3 is 5.97 Å². The van der Waals surface area contributed by atoms with E-state index in [0.717, 1.165) is 31.2 Å². The fourth-order valence-electron chi connectivity index (χ4n) is 3.01. The summed E-state index contributed by atoms with van der Waals surface area (Å²) in [6, 6.07) is 6.49. The summed E-state index contributed by atoms with van der Waals surface area (Å²) >= 11 is 0. The largest absolute Gasteiger partial charge is 0.477 e. The Bertz CT molecular complexity index is 660. The second kappa shape index (κ2) is 5.68. The summed E-state index contributed by atoms with van der Waals surface area (Å²) < 4.78 is 14.3. The highest BCUT2D eigenvalue weighted by Crippen LogP contribution is 2.35. The summed E-state index contributed by atoms with van der Waals surface area (Å²) in [5, 5.41) is 15.2. The number of aromatic nitrogens is 2. The molecular formula is C16H17FN2O2. The van der Waals surface area contributed by atoms with Gasteiger partial charge in [0.05, 0.1) is 5.69 Å². The van der Waals surface area contributed by atoms with Gasteiger partial charge in [-0.3, -0.25) is 5.10 Å². The van der Waals surface area contributed by atoms with E-state index in [-0.39, 0.29) is 11.5 Å². The Labute approximate surface area is 122 Å². The van der Waals surface area contributed by atoms with Crippen molar-refractivity contribution in [3.63, 3.8) is 0 Å². The molecule has 1 aromatic carbocycles. The first-order valence-corrected chi connectivity index (χ1v) is 7.23. The minimum atomic E-state index is -1.08. The van der Waals surface area contributed by atoms with Crippen molar-refractivity contribution in [2.45, 2.75) is 38.0 Å². The van der Waals surface area contributed by atoms with Crippen molar-refractivity contribution < 1.29 is 14.3 Å². The third-order valence-electron chi connectivity index (χ3n) is 4.15. The molecule has 21 heavy (non-hydrogen) atoms. The lowest BCUT2D eigenvalue weighted by molar-refractivity contribution is 0.0690. The highest BCUT2D eigenvalue weighted by Gasteiger charge is 2.19. The number of aromatic amines is 1. The van der Waals surface area contributed by atoms with Gasteiger partial charge in [0.15, 0.2) is 0 Å². The lowest BCUT2D eigenvalue weighted by atomic mass is 9.83. The first kappa shape index (κ1) is 13.8. The summed E-state index contributed by atoms with van der Waals surface area (Å²) in [6.45, 7) is 0. The zero-order valence-corrected chi connectivity index (χ0v) is 11.6. The van der Waals surface area contributed by atoms with Crippen molar-refractivity contribution in [2.75, 3.05) is 0 Å². The maximum absolute atomic E-state index is 14.3. The van der Waals surface area contributed by atoms with Gasteiger partial charge in [-0.25, -0.2) is 9.18 Å². The van der Waals surface area contributed by atoms with Crippen molar-refractivity contribution in [2.24, 2.45) is 0 Å². The van der Waals surface area contributed by atoms with E-state index in [4.69, 9.17) is 5.11 Å². The van der Waals surface area contributed by atoms with E-state index in [9.17, 15) is 9.18 Å². The summed E-state index contributed by atoms with van der Waals surface area (Å²) in [5.41, 5.74) is 1.81. The molecule has 1 aliphatic rings. The van der Waals surface area contributed by atoms with Gasteiger partial charge in [0.25, 0.3) is 0 Å². The van der Waals surface area contributed by atoms with Gasteiger partial charge in [-0.1, -0.05) is 31.4 Å². The van der Waals surface area contributed by atoms with Crippen molar-refractivity contribution in [1.29, 1.82) is 0 Å². The lowest BCUT2D eigenvalue weighted by Gasteiger charge is -2.22. The van der Waals surface area contributed by atoms with Crippen LogP contribution in [0.5, 0.6) is 0 Å². The molecule has 0 bridgehead atoms. The molecule has 2 aromatic rings. The first-order chi connectivity index (χ1) is 10.1. The highest BCUT2D eigenvalue weighted by molar-refractivity contribution is 5.86. The normalized spacial score (nSPS) is 16.0. The van der Waals surface area contributed by atoms with Crippen molar-refractivity contribution in [3.8, 4) is 11.3 Å². The fraction of sp³-hybridized carbons (Fsp3) is 0.375. The number of H-pyrrole nitrogens is 1. The quantitative estimate of drug-likeness (QED) is 0.898. The smallest absolute Gasteiger partial charge is 0.353 e. The first-order valence-electron chi connectivity index (χ1n) is 7.23. The third kappa shape index (κ3) is 2.82. The van der Waals surface area contributed by atoms with Gasteiger partial charge in [0, 0.05) is 5.56 Å². The second-order valence-electron chi connectivity index (χ2n) is 5.54. The zero-order chi connectivity index (χ0) is 14.8. The van der Waals surface area contributed by atoms with Gasteiger partial charge < -0.3 is 5.11 Å². The van der Waals surface area contributed by atoms with Crippen LogP contribution in [0.15, 0.2) is 24.3 Å². The molecular weight excluding hydrogens is 271 g/mol. The summed E-state index contributed by atoms with van der Waals surface area (Å²) in [6.07, 6.45) is 5.64. The Balaban J connectivity index is 1.87. The molecule has 1 aliphatic carbocycles. The average Bonchev–Trinajstić information content (AvgIpc) is 2.98. The predicted octanol–water partition coefficient (Wildman–Crippen LogP) is 3.96. The van der Waals surface area contributed by atoms with Crippen LogP contribution in [0.2, 0.25) is 0 Å². The number of halogens is 1. The third-order valence-corrected chi connectivity index (χ3v) is 4.15. The van der Waals surface area contributed by atoms with Gasteiger partial charge in [-0.15, -0.1) is 0 Å². The van der Waals surface area contributed by atoms with Crippen LogP contribution < -0.4 is 0 Å². The molecule has 1 aromatic heterocycles. The molecule has 0 unspecified atom stereocenters. The van der Waals surface area contributed by atoms with E-state index >= 15 is 0 Å². The van der Waals surface area contributed by atoms with E-state index in [2.05, 4.69) is 10.2 Å². The minimum Gasteiger partial charge on any atom is -0.477 e. The van der Waals surface area contributed by atoms with Gasteiger partial charge in [-0.05, 0) is 36.5 Å². The molecule has 0 aliphatic heterocycles. The van der Waals surface area contributed by atoms with Crippen LogP contribution in [0.3, 0.4) is 0 Å². The van der Waals surface area contributed by atoms with Gasteiger partial charge in [0.1, 0.15) is 11.5 Å².